The summed E-state index contributed by atoms with van der Waals surface area (Å²) < 4.78 is 16.6. The molecule has 0 radical (unpaired) electrons. The van der Waals surface area contributed by atoms with E-state index in [2.05, 4.69) is 0 Å². The second kappa shape index (κ2) is 7.44. The summed E-state index contributed by atoms with van der Waals surface area (Å²) in [6.45, 7) is 0.0359. The van der Waals surface area contributed by atoms with E-state index in [1.54, 1.807) is 24.3 Å². The van der Waals surface area contributed by atoms with Gasteiger partial charge in [0.05, 0.1) is 18.4 Å². The van der Waals surface area contributed by atoms with E-state index >= 15 is 0 Å². The summed E-state index contributed by atoms with van der Waals surface area (Å²) in [5.41, 5.74) is 0.0372. The monoisotopic (exact) mass is 376 g/mol. The standard InChI is InChI=1S/C22H16O6/c23-21(24)9-10-26-16-7-8-18-19(12-16)27-13-20(22(18)25)28-17-6-5-14-3-1-2-4-15(14)11-17/h1-8,11-13H,9-10H2,(H,23,24). The van der Waals surface area contributed by atoms with Crippen LogP contribution in [0.25, 0.3) is 21.7 Å². The van der Waals surface area contributed by atoms with Gasteiger partial charge in [0, 0.05) is 6.07 Å². The third-order valence-corrected chi connectivity index (χ3v) is 4.25. The molecule has 6 heteroatoms. The summed E-state index contributed by atoms with van der Waals surface area (Å²) >= 11 is 0. The highest BCUT2D eigenvalue weighted by Crippen LogP contribution is 2.26. The molecule has 6 nitrogen and oxygen atoms in total. The molecule has 28 heavy (non-hydrogen) atoms. The predicted octanol–water partition coefficient (Wildman–Crippen LogP) is 4.59. The number of carboxylic acid groups (broad SMARTS) is 1. The van der Waals surface area contributed by atoms with Gasteiger partial charge >= 0.3 is 5.97 Å². The van der Waals surface area contributed by atoms with Gasteiger partial charge in [-0.2, -0.15) is 0 Å². The maximum absolute atomic E-state index is 12.7. The van der Waals surface area contributed by atoms with Crippen LogP contribution >= 0.6 is 0 Å². The first-order chi connectivity index (χ1) is 13.6. The highest BCUT2D eigenvalue weighted by atomic mass is 16.5. The minimum atomic E-state index is -0.942. The molecule has 0 spiro atoms. The van der Waals surface area contributed by atoms with Crippen LogP contribution in [0.4, 0.5) is 0 Å². The molecule has 4 rings (SSSR count). The fourth-order valence-corrected chi connectivity index (χ4v) is 2.87. The van der Waals surface area contributed by atoms with Gasteiger partial charge in [0.1, 0.15) is 23.3 Å². The van der Waals surface area contributed by atoms with Crippen molar-refractivity contribution in [1.29, 1.82) is 0 Å². The lowest BCUT2D eigenvalue weighted by Gasteiger charge is -2.08. The lowest BCUT2D eigenvalue weighted by atomic mass is 10.1. The second-order valence-corrected chi connectivity index (χ2v) is 6.19. The molecule has 0 saturated heterocycles. The third-order valence-electron chi connectivity index (χ3n) is 4.25. The van der Waals surface area contributed by atoms with Gasteiger partial charge in [-0.15, -0.1) is 0 Å². The fraction of sp³-hybridized carbons (Fsp3) is 0.0909. The lowest BCUT2D eigenvalue weighted by molar-refractivity contribution is -0.137. The molecule has 0 aliphatic carbocycles. The molecule has 0 saturated carbocycles. The molecule has 1 heterocycles. The number of hydrogen-bond donors (Lipinski definition) is 1. The number of aliphatic carboxylic acids is 1. The van der Waals surface area contributed by atoms with E-state index in [9.17, 15) is 9.59 Å². The van der Waals surface area contributed by atoms with Gasteiger partial charge in [-0.3, -0.25) is 9.59 Å². The molecule has 0 aliphatic rings. The quantitative estimate of drug-likeness (QED) is 0.530. The van der Waals surface area contributed by atoms with Crippen LogP contribution in [-0.4, -0.2) is 17.7 Å². The van der Waals surface area contributed by atoms with Crippen LogP contribution in [-0.2, 0) is 4.79 Å². The van der Waals surface area contributed by atoms with Crippen molar-refractivity contribution < 1.29 is 23.8 Å². The fourth-order valence-electron chi connectivity index (χ4n) is 2.87. The van der Waals surface area contributed by atoms with E-state index in [-0.39, 0.29) is 24.2 Å². The topological polar surface area (TPSA) is 86.0 Å². The van der Waals surface area contributed by atoms with E-state index in [1.165, 1.54) is 6.26 Å². The Morgan fingerprint density at radius 2 is 1.75 bits per heavy atom. The zero-order valence-electron chi connectivity index (χ0n) is 14.8. The molecule has 1 aromatic heterocycles. The van der Waals surface area contributed by atoms with Crippen LogP contribution in [0, 0.1) is 0 Å². The molecule has 0 fully saturated rings. The Kier molecular flexibility index (Phi) is 4.68. The summed E-state index contributed by atoms with van der Waals surface area (Å²) in [5, 5.41) is 11.1. The Morgan fingerprint density at radius 1 is 0.964 bits per heavy atom. The zero-order valence-corrected chi connectivity index (χ0v) is 14.8. The first kappa shape index (κ1) is 17.6. The third kappa shape index (κ3) is 3.66. The van der Waals surface area contributed by atoms with Crippen molar-refractivity contribution in [3.63, 3.8) is 0 Å². The van der Waals surface area contributed by atoms with Gasteiger partial charge < -0.3 is 19.0 Å². The van der Waals surface area contributed by atoms with Crippen LogP contribution in [0.15, 0.2) is 76.1 Å². The molecule has 0 amide bonds. The smallest absolute Gasteiger partial charge is 0.306 e. The Labute approximate surface area is 159 Å². The molecule has 0 atom stereocenters. The van der Waals surface area contributed by atoms with E-state index in [1.807, 2.05) is 36.4 Å². The highest BCUT2D eigenvalue weighted by molar-refractivity contribution is 5.84. The molecule has 140 valence electrons. The van der Waals surface area contributed by atoms with Crippen LogP contribution in [0.5, 0.6) is 17.2 Å². The van der Waals surface area contributed by atoms with E-state index < -0.39 is 5.97 Å². The molecular weight excluding hydrogens is 360 g/mol. The number of ether oxygens (including phenoxy) is 2. The van der Waals surface area contributed by atoms with Crippen LogP contribution in [0.3, 0.4) is 0 Å². The summed E-state index contributed by atoms with van der Waals surface area (Å²) in [5.74, 6) is 0.115. The van der Waals surface area contributed by atoms with E-state index in [0.717, 1.165) is 10.8 Å². The molecule has 0 unspecified atom stereocenters. The van der Waals surface area contributed by atoms with Crippen LogP contribution in [0.1, 0.15) is 6.42 Å². The van der Waals surface area contributed by atoms with Crippen molar-refractivity contribution in [2.75, 3.05) is 6.61 Å². The number of fused-ring (bicyclic) bond motifs is 2. The minimum Gasteiger partial charge on any atom is -0.493 e. The maximum Gasteiger partial charge on any atom is 0.306 e. The average molecular weight is 376 g/mol. The van der Waals surface area contributed by atoms with Crippen molar-refractivity contribution in [2.24, 2.45) is 0 Å². The first-order valence-corrected chi connectivity index (χ1v) is 8.67. The largest absolute Gasteiger partial charge is 0.493 e. The predicted molar refractivity (Wildman–Crippen MR) is 104 cm³/mol. The molecule has 0 bridgehead atoms. The second-order valence-electron chi connectivity index (χ2n) is 6.19. The van der Waals surface area contributed by atoms with Crippen molar-refractivity contribution in [2.45, 2.75) is 6.42 Å². The molecular formula is C22H16O6. The van der Waals surface area contributed by atoms with Gasteiger partial charge in [0.25, 0.3) is 0 Å². The van der Waals surface area contributed by atoms with Gasteiger partial charge in [-0.25, -0.2) is 0 Å². The Morgan fingerprint density at radius 3 is 2.57 bits per heavy atom. The average Bonchev–Trinajstić information content (AvgIpc) is 2.70. The number of rotatable bonds is 6. The van der Waals surface area contributed by atoms with Gasteiger partial charge in [-0.1, -0.05) is 30.3 Å². The van der Waals surface area contributed by atoms with E-state index in [4.69, 9.17) is 19.0 Å². The normalized spacial score (nSPS) is 10.9. The number of carbonyl (C=O) groups is 1. The number of hydrogen-bond acceptors (Lipinski definition) is 5. The number of carboxylic acids is 1. The Balaban J connectivity index is 1.60. The van der Waals surface area contributed by atoms with Gasteiger partial charge in [0.15, 0.2) is 0 Å². The van der Waals surface area contributed by atoms with Crippen molar-refractivity contribution in [3.05, 3.63) is 77.2 Å². The van der Waals surface area contributed by atoms with E-state index in [0.29, 0.717) is 22.5 Å². The lowest BCUT2D eigenvalue weighted by Crippen LogP contribution is -2.06. The van der Waals surface area contributed by atoms with Gasteiger partial charge in [-0.05, 0) is 35.0 Å². The zero-order chi connectivity index (χ0) is 19.5. The first-order valence-electron chi connectivity index (χ1n) is 8.67. The summed E-state index contributed by atoms with van der Waals surface area (Å²) in [4.78, 5) is 23.3. The van der Waals surface area contributed by atoms with Crippen molar-refractivity contribution in [1.82, 2.24) is 0 Å². The molecule has 0 aliphatic heterocycles. The Hall–Kier alpha value is -3.80. The van der Waals surface area contributed by atoms with Crippen molar-refractivity contribution in [3.8, 4) is 17.2 Å². The maximum atomic E-state index is 12.7. The SMILES string of the molecule is O=C(O)CCOc1ccc2c(=O)c(Oc3ccc4ccccc4c3)coc2c1. The van der Waals surface area contributed by atoms with Crippen LogP contribution in [0.2, 0.25) is 0 Å². The summed E-state index contributed by atoms with van der Waals surface area (Å²) in [6.07, 6.45) is 1.15. The number of benzene rings is 3. The van der Waals surface area contributed by atoms with Crippen molar-refractivity contribution >= 4 is 27.7 Å². The van der Waals surface area contributed by atoms with Gasteiger partial charge in [0.2, 0.25) is 11.2 Å². The molecule has 1 N–H and O–H groups in total. The highest BCUT2D eigenvalue weighted by Gasteiger charge is 2.11. The van der Waals surface area contributed by atoms with Crippen LogP contribution < -0.4 is 14.9 Å². The summed E-state index contributed by atoms with van der Waals surface area (Å²) in [6, 6.07) is 18.2. The Bertz CT molecular complexity index is 1220. The minimum absolute atomic E-state index is 0.0359. The molecule has 4 aromatic rings. The summed E-state index contributed by atoms with van der Waals surface area (Å²) in [7, 11) is 0. The molecule has 3 aromatic carbocycles.